The van der Waals surface area contributed by atoms with E-state index in [1.807, 2.05) is 30.3 Å². The van der Waals surface area contributed by atoms with Crippen LogP contribution in [0.2, 0.25) is 0 Å². The Morgan fingerprint density at radius 2 is 1.80 bits per heavy atom. The van der Waals surface area contributed by atoms with Crippen LogP contribution in [0.3, 0.4) is 0 Å². The van der Waals surface area contributed by atoms with Gasteiger partial charge in [-0.15, -0.1) is 0 Å². The lowest BCUT2D eigenvalue weighted by Gasteiger charge is -2.37. The van der Waals surface area contributed by atoms with Crippen LogP contribution in [0.15, 0.2) is 47.4 Å². The van der Waals surface area contributed by atoms with Gasteiger partial charge in [-0.1, -0.05) is 38.1 Å². The molecule has 30 heavy (non-hydrogen) atoms. The molecule has 2 aliphatic heterocycles. The van der Waals surface area contributed by atoms with Gasteiger partial charge in [0.25, 0.3) is 5.91 Å². The van der Waals surface area contributed by atoms with E-state index in [0.717, 1.165) is 38.3 Å². The van der Waals surface area contributed by atoms with Crippen molar-refractivity contribution in [3.63, 3.8) is 0 Å². The highest BCUT2D eigenvalue weighted by Crippen LogP contribution is 2.34. The summed E-state index contributed by atoms with van der Waals surface area (Å²) in [6.45, 7) is 8.70. The van der Waals surface area contributed by atoms with Crippen molar-refractivity contribution in [2.75, 3.05) is 37.6 Å². The van der Waals surface area contributed by atoms with Crippen molar-refractivity contribution in [3.05, 3.63) is 59.2 Å². The molecule has 1 unspecified atom stereocenters. The summed E-state index contributed by atoms with van der Waals surface area (Å²) in [5.74, 6) is 0.443. The molecule has 1 saturated heterocycles. The van der Waals surface area contributed by atoms with Gasteiger partial charge in [0.1, 0.15) is 4.90 Å². The lowest BCUT2D eigenvalue weighted by Crippen LogP contribution is -2.47. The predicted molar refractivity (Wildman–Crippen MR) is 117 cm³/mol. The van der Waals surface area contributed by atoms with Crippen LogP contribution >= 0.6 is 0 Å². The van der Waals surface area contributed by atoms with Crippen molar-refractivity contribution >= 4 is 21.6 Å². The fraction of sp³-hybridized carbons (Fsp3) is 0.409. The van der Waals surface area contributed by atoms with E-state index in [1.165, 1.54) is 0 Å². The van der Waals surface area contributed by atoms with Crippen LogP contribution in [-0.2, 0) is 10.0 Å². The van der Waals surface area contributed by atoms with E-state index >= 15 is 0 Å². The quantitative estimate of drug-likeness (QED) is 0.759. The number of carbonyl (C=O) groups excluding carboxylic acids is 1. The summed E-state index contributed by atoms with van der Waals surface area (Å²) in [6, 6.07) is 12.3. The smallest absolute Gasteiger partial charge is 0.252 e. The molecule has 0 aromatic heterocycles. The Morgan fingerprint density at radius 3 is 2.47 bits per heavy atom. The predicted octanol–water partition coefficient (Wildman–Crippen LogP) is 1.94. The Kier molecular flexibility index (Phi) is 5.57. The van der Waals surface area contributed by atoms with E-state index in [9.17, 15) is 13.2 Å². The van der Waals surface area contributed by atoms with Gasteiger partial charge in [0.05, 0.1) is 11.7 Å². The normalized spacial score (nSPS) is 19.8. The van der Waals surface area contributed by atoms with Gasteiger partial charge in [-0.05, 0) is 35.2 Å². The van der Waals surface area contributed by atoms with Gasteiger partial charge in [0, 0.05) is 38.3 Å². The zero-order valence-electron chi connectivity index (χ0n) is 17.3. The fourth-order valence-electron chi connectivity index (χ4n) is 4.39. The third-order valence-corrected chi connectivity index (χ3v) is 6.69. The number of carbonyl (C=O) groups is 1. The Bertz CT molecular complexity index is 1060. The average molecular weight is 429 g/mol. The highest BCUT2D eigenvalue weighted by molar-refractivity contribution is 7.89. The van der Waals surface area contributed by atoms with Crippen LogP contribution in [0.1, 0.15) is 41.4 Å². The molecule has 7 nitrogen and oxygen atoms in total. The first kappa shape index (κ1) is 20.8. The summed E-state index contributed by atoms with van der Waals surface area (Å²) < 4.78 is 24.9. The van der Waals surface area contributed by atoms with Crippen LogP contribution in [0.4, 0.5) is 5.69 Å². The summed E-state index contributed by atoms with van der Waals surface area (Å²) in [4.78, 5) is 16.9. The second-order valence-corrected chi connectivity index (χ2v) is 9.98. The number of nitrogens with zero attached hydrogens (tertiary/aromatic N) is 2. The number of fused-ring (bicyclic) bond motifs is 1. The molecule has 0 radical (unpaired) electrons. The minimum atomic E-state index is -3.93. The average Bonchev–Trinajstić information content (AvgIpc) is 3.04. The summed E-state index contributed by atoms with van der Waals surface area (Å²) in [5.41, 5.74) is 2.80. The van der Waals surface area contributed by atoms with Crippen LogP contribution in [-0.4, -0.2) is 51.9 Å². The molecule has 0 bridgehead atoms. The summed E-state index contributed by atoms with van der Waals surface area (Å²) in [7, 11) is -3.93. The first-order valence-corrected chi connectivity index (χ1v) is 11.8. The van der Waals surface area contributed by atoms with E-state index < -0.39 is 10.0 Å². The lowest BCUT2D eigenvalue weighted by atomic mass is 9.98. The molecular weight excluding hydrogens is 400 g/mol. The standard InChI is InChI=1S/C22H28N4O3S/c1-15(2)14-25-9-11-26(12-10-25)19-8-7-16(13-20(19)30(23,28)29)21-17-5-3-4-6-18(17)22(27)24-21/h3-8,13,15,21H,9-12,14H2,1-2H3,(H,24,27)(H2,23,28,29). The van der Waals surface area contributed by atoms with Crippen molar-refractivity contribution in [2.45, 2.75) is 24.8 Å². The molecule has 2 aromatic carbocycles. The number of hydrogen-bond donors (Lipinski definition) is 2. The topological polar surface area (TPSA) is 95.7 Å². The monoisotopic (exact) mass is 428 g/mol. The highest BCUT2D eigenvalue weighted by atomic mass is 32.2. The Hall–Kier alpha value is -2.42. The molecular formula is C22H28N4O3S. The van der Waals surface area contributed by atoms with Gasteiger partial charge < -0.3 is 10.2 Å². The van der Waals surface area contributed by atoms with E-state index in [4.69, 9.17) is 5.14 Å². The molecule has 8 heteroatoms. The molecule has 1 fully saturated rings. The second-order valence-electron chi connectivity index (χ2n) is 8.45. The van der Waals surface area contributed by atoms with E-state index in [1.54, 1.807) is 12.1 Å². The zero-order chi connectivity index (χ0) is 21.5. The van der Waals surface area contributed by atoms with Crippen molar-refractivity contribution in [3.8, 4) is 0 Å². The van der Waals surface area contributed by atoms with Gasteiger partial charge in [0.2, 0.25) is 10.0 Å². The first-order chi connectivity index (χ1) is 14.2. The van der Waals surface area contributed by atoms with E-state index in [2.05, 4.69) is 29.0 Å². The molecule has 4 rings (SSSR count). The number of primary sulfonamides is 1. The largest absolute Gasteiger partial charge is 0.368 e. The summed E-state index contributed by atoms with van der Waals surface area (Å²) >= 11 is 0. The summed E-state index contributed by atoms with van der Waals surface area (Å²) in [5, 5.41) is 8.54. The number of amides is 1. The van der Waals surface area contributed by atoms with Crippen LogP contribution in [0.25, 0.3) is 0 Å². The zero-order valence-corrected chi connectivity index (χ0v) is 18.2. The SMILES string of the molecule is CC(C)CN1CCN(c2ccc(C3NC(=O)c4ccccc43)cc2S(N)(=O)=O)CC1. The number of rotatable bonds is 5. The molecule has 0 saturated carbocycles. The van der Waals surface area contributed by atoms with E-state index in [0.29, 0.717) is 22.7 Å². The number of hydrogen-bond acceptors (Lipinski definition) is 5. The minimum Gasteiger partial charge on any atom is -0.368 e. The van der Waals surface area contributed by atoms with Crippen molar-refractivity contribution in [1.29, 1.82) is 0 Å². The van der Waals surface area contributed by atoms with Gasteiger partial charge in [-0.25, -0.2) is 13.6 Å². The maximum atomic E-state index is 12.4. The Morgan fingerprint density at radius 1 is 1.10 bits per heavy atom. The Balaban J connectivity index is 1.64. The number of piperazine rings is 1. The molecule has 0 spiro atoms. The molecule has 2 aliphatic rings. The summed E-state index contributed by atoms with van der Waals surface area (Å²) in [6.07, 6.45) is 0. The number of nitrogens with two attached hydrogens (primary N) is 1. The highest BCUT2D eigenvalue weighted by Gasteiger charge is 2.31. The van der Waals surface area contributed by atoms with E-state index in [-0.39, 0.29) is 16.8 Å². The van der Waals surface area contributed by atoms with Crippen LogP contribution < -0.4 is 15.4 Å². The molecule has 1 amide bonds. The molecule has 1 atom stereocenters. The minimum absolute atomic E-state index is 0.107. The number of benzene rings is 2. The maximum Gasteiger partial charge on any atom is 0.252 e. The van der Waals surface area contributed by atoms with Gasteiger partial charge in [-0.2, -0.15) is 0 Å². The van der Waals surface area contributed by atoms with Gasteiger partial charge in [-0.3, -0.25) is 9.69 Å². The first-order valence-electron chi connectivity index (χ1n) is 10.3. The van der Waals surface area contributed by atoms with Crippen molar-refractivity contribution < 1.29 is 13.2 Å². The molecule has 0 aliphatic carbocycles. The van der Waals surface area contributed by atoms with Gasteiger partial charge in [0.15, 0.2) is 0 Å². The number of nitrogens with one attached hydrogen (secondary N) is 1. The third kappa shape index (κ3) is 4.08. The molecule has 3 N–H and O–H groups in total. The molecule has 160 valence electrons. The number of sulfonamides is 1. The van der Waals surface area contributed by atoms with Crippen LogP contribution in [0, 0.1) is 5.92 Å². The fourth-order valence-corrected chi connectivity index (χ4v) is 5.18. The van der Waals surface area contributed by atoms with Crippen molar-refractivity contribution in [1.82, 2.24) is 10.2 Å². The number of anilines is 1. The van der Waals surface area contributed by atoms with Gasteiger partial charge >= 0.3 is 0 Å². The van der Waals surface area contributed by atoms with Crippen molar-refractivity contribution in [2.24, 2.45) is 11.1 Å². The molecule has 2 aromatic rings. The maximum absolute atomic E-state index is 12.4. The third-order valence-electron chi connectivity index (χ3n) is 5.75. The molecule has 2 heterocycles. The van der Waals surface area contributed by atoms with Crippen LogP contribution in [0.5, 0.6) is 0 Å². The Labute approximate surface area is 177 Å². The lowest BCUT2D eigenvalue weighted by molar-refractivity contribution is 0.0960. The second kappa shape index (κ2) is 8.02.